The van der Waals surface area contributed by atoms with Crippen molar-refractivity contribution in [1.82, 2.24) is 25.1 Å². The standard InChI is InChI=1S/C19H29N7O2S/c1-19(2,3)28-18(27)26-8-7-14(13-11-23-25(5)16(13)26)21-9-12-10-22-17(29-6)24-15(12)20-4/h10-11,14,21H,7-9H2,1-6H3,(H,20,22,24). The molecule has 1 atom stereocenters. The van der Waals surface area contributed by atoms with Gasteiger partial charge in [0.25, 0.3) is 0 Å². The number of amides is 1. The van der Waals surface area contributed by atoms with Crippen molar-refractivity contribution in [2.75, 3.05) is 30.1 Å². The molecule has 1 aliphatic rings. The third-order valence-electron chi connectivity index (χ3n) is 4.62. The minimum absolute atomic E-state index is 0.0716. The Morgan fingerprint density at radius 1 is 1.38 bits per heavy atom. The van der Waals surface area contributed by atoms with Gasteiger partial charge >= 0.3 is 6.09 Å². The van der Waals surface area contributed by atoms with E-state index in [0.29, 0.717) is 13.1 Å². The van der Waals surface area contributed by atoms with Crippen LogP contribution in [0, 0.1) is 0 Å². The van der Waals surface area contributed by atoms with Gasteiger partial charge in [-0.1, -0.05) is 11.8 Å². The maximum atomic E-state index is 12.7. The minimum Gasteiger partial charge on any atom is -0.443 e. The van der Waals surface area contributed by atoms with Crippen molar-refractivity contribution in [3.05, 3.63) is 23.5 Å². The Hall–Kier alpha value is -2.33. The number of ether oxygens (including phenoxy) is 1. The maximum absolute atomic E-state index is 12.7. The van der Waals surface area contributed by atoms with Crippen LogP contribution in [-0.2, 0) is 18.3 Å². The summed E-state index contributed by atoms with van der Waals surface area (Å²) in [4.78, 5) is 23.2. The average molecular weight is 420 g/mol. The number of hydrogen-bond donors (Lipinski definition) is 2. The fourth-order valence-corrected chi connectivity index (χ4v) is 3.66. The zero-order valence-corrected chi connectivity index (χ0v) is 18.6. The van der Waals surface area contributed by atoms with Gasteiger partial charge in [0.15, 0.2) is 5.16 Å². The first-order chi connectivity index (χ1) is 13.7. The van der Waals surface area contributed by atoms with E-state index in [0.717, 1.165) is 34.3 Å². The number of rotatable bonds is 5. The van der Waals surface area contributed by atoms with Gasteiger partial charge in [-0.25, -0.2) is 14.8 Å². The lowest BCUT2D eigenvalue weighted by Crippen LogP contribution is -2.43. The summed E-state index contributed by atoms with van der Waals surface area (Å²) in [5.74, 6) is 1.58. The van der Waals surface area contributed by atoms with E-state index in [9.17, 15) is 4.79 Å². The van der Waals surface area contributed by atoms with Crippen molar-refractivity contribution in [2.24, 2.45) is 7.05 Å². The van der Waals surface area contributed by atoms with Crippen molar-refractivity contribution in [3.63, 3.8) is 0 Å². The number of aryl methyl sites for hydroxylation is 1. The molecular weight excluding hydrogens is 390 g/mol. The Bertz CT molecular complexity index is 878. The molecule has 0 aliphatic carbocycles. The van der Waals surface area contributed by atoms with Crippen LogP contribution in [0.15, 0.2) is 17.6 Å². The Labute approximate surface area is 175 Å². The number of fused-ring (bicyclic) bond motifs is 1. The second-order valence-corrected chi connectivity index (χ2v) is 8.66. The topological polar surface area (TPSA) is 97.2 Å². The summed E-state index contributed by atoms with van der Waals surface area (Å²) in [6.45, 7) is 6.77. The van der Waals surface area contributed by atoms with Gasteiger partial charge in [-0.05, 0) is 33.4 Å². The maximum Gasteiger partial charge on any atom is 0.416 e. The summed E-state index contributed by atoms with van der Waals surface area (Å²) in [7, 11) is 3.70. The lowest BCUT2D eigenvalue weighted by Gasteiger charge is -2.34. The summed E-state index contributed by atoms with van der Waals surface area (Å²) >= 11 is 1.51. The molecule has 1 unspecified atom stereocenters. The first-order valence-corrected chi connectivity index (χ1v) is 10.8. The highest BCUT2D eigenvalue weighted by Crippen LogP contribution is 2.34. The van der Waals surface area contributed by atoms with Crippen molar-refractivity contribution < 1.29 is 9.53 Å². The van der Waals surface area contributed by atoms with Gasteiger partial charge in [0.2, 0.25) is 0 Å². The number of nitrogens with zero attached hydrogens (tertiary/aromatic N) is 5. The number of thioether (sulfide) groups is 1. The van der Waals surface area contributed by atoms with E-state index in [1.54, 1.807) is 9.58 Å². The van der Waals surface area contributed by atoms with Gasteiger partial charge < -0.3 is 15.4 Å². The van der Waals surface area contributed by atoms with Gasteiger partial charge in [-0.2, -0.15) is 5.10 Å². The fourth-order valence-electron chi connectivity index (χ4n) is 3.32. The molecule has 29 heavy (non-hydrogen) atoms. The number of nitrogens with one attached hydrogen (secondary N) is 2. The predicted octanol–water partition coefficient (Wildman–Crippen LogP) is 2.95. The van der Waals surface area contributed by atoms with E-state index in [1.807, 2.05) is 53.5 Å². The molecule has 1 amide bonds. The minimum atomic E-state index is -0.544. The number of carbonyl (C=O) groups is 1. The molecule has 10 heteroatoms. The Morgan fingerprint density at radius 3 is 2.79 bits per heavy atom. The average Bonchev–Trinajstić information content (AvgIpc) is 3.06. The van der Waals surface area contributed by atoms with E-state index in [4.69, 9.17) is 4.74 Å². The molecule has 0 saturated carbocycles. The van der Waals surface area contributed by atoms with Crippen LogP contribution < -0.4 is 15.5 Å². The highest BCUT2D eigenvalue weighted by molar-refractivity contribution is 7.98. The normalized spacial score (nSPS) is 16.5. The second kappa shape index (κ2) is 8.58. The molecule has 2 aromatic heterocycles. The molecule has 0 saturated heterocycles. The summed E-state index contributed by atoms with van der Waals surface area (Å²) in [5, 5.41) is 11.8. The lowest BCUT2D eigenvalue weighted by molar-refractivity contribution is 0.0573. The molecule has 2 aromatic rings. The van der Waals surface area contributed by atoms with E-state index in [-0.39, 0.29) is 12.1 Å². The molecule has 0 spiro atoms. The number of aromatic nitrogens is 4. The van der Waals surface area contributed by atoms with Crippen molar-refractivity contribution >= 4 is 29.5 Å². The van der Waals surface area contributed by atoms with Gasteiger partial charge in [0.1, 0.15) is 17.2 Å². The Balaban J connectivity index is 1.77. The molecular formula is C19H29N7O2S. The Kier molecular flexibility index (Phi) is 6.33. The largest absolute Gasteiger partial charge is 0.443 e. The van der Waals surface area contributed by atoms with Crippen molar-refractivity contribution in [3.8, 4) is 0 Å². The zero-order valence-electron chi connectivity index (χ0n) is 17.8. The summed E-state index contributed by atoms with van der Waals surface area (Å²) in [5.41, 5.74) is 1.43. The van der Waals surface area contributed by atoms with Crippen LogP contribution in [0.3, 0.4) is 0 Å². The first-order valence-electron chi connectivity index (χ1n) is 9.57. The van der Waals surface area contributed by atoms with Gasteiger partial charge in [-0.3, -0.25) is 9.58 Å². The lowest BCUT2D eigenvalue weighted by atomic mass is 10.0. The highest BCUT2D eigenvalue weighted by Gasteiger charge is 2.34. The van der Waals surface area contributed by atoms with Crippen molar-refractivity contribution in [1.29, 1.82) is 0 Å². The van der Waals surface area contributed by atoms with Gasteiger partial charge in [0, 0.05) is 50.6 Å². The zero-order chi connectivity index (χ0) is 21.2. The van der Waals surface area contributed by atoms with Crippen LogP contribution in [0.4, 0.5) is 16.4 Å². The number of anilines is 2. The first kappa shape index (κ1) is 21.4. The van der Waals surface area contributed by atoms with Crippen molar-refractivity contribution in [2.45, 2.75) is 50.5 Å². The molecule has 0 radical (unpaired) electrons. The van der Waals surface area contributed by atoms with Crippen LogP contribution in [0.25, 0.3) is 0 Å². The third kappa shape index (κ3) is 4.81. The fraction of sp³-hybridized carbons (Fsp3) is 0.579. The van der Waals surface area contributed by atoms with E-state index in [2.05, 4.69) is 25.7 Å². The molecule has 158 valence electrons. The monoisotopic (exact) mass is 419 g/mol. The SMILES string of the molecule is CNc1nc(SC)ncc1CNC1CCN(C(=O)OC(C)(C)C)c2c1cnn2C. The summed E-state index contributed by atoms with van der Waals surface area (Å²) in [6.07, 6.45) is 6.03. The van der Waals surface area contributed by atoms with Gasteiger partial charge in [0.05, 0.1) is 6.20 Å². The van der Waals surface area contributed by atoms with Crippen LogP contribution in [0.5, 0.6) is 0 Å². The van der Waals surface area contributed by atoms with Crippen LogP contribution >= 0.6 is 11.8 Å². The number of hydrogen-bond acceptors (Lipinski definition) is 8. The van der Waals surface area contributed by atoms with E-state index in [1.165, 1.54) is 11.8 Å². The van der Waals surface area contributed by atoms with Crippen LogP contribution in [0.2, 0.25) is 0 Å². The molecule has 0 bridgehead atoms. The molecule has 2 N–H and O–H groups in total. The molecule has 3 rings (SSSR count). The molecule has 0 fully saturated rings. The van der Waals surface area contributed by atoms with E-state index >= 15 is 0 Å². The molecule has 9 nitrogen and oxygen atoms in total. The summed E-state index contributed by atoms with van der Waals surface area (Å²) in [6, 6.07) is 0.0716. The number of carbonyl (C=O) groups excluding carboxylic acids is 1. The predicted molar refractivity (Wildman–Crippen MR) is 114 cm³/mol. The molecule has 3 heterocycles. The van der Waals surface area contributed by atoms with Crippen LogP contribution in [0.1, 0.15) is 44.4 Å². The molecule has 0 aromatic carbocycles. The smallest absolute Gasteiger partial charge is 0.416 e. The van der Waals surface area contributed by atoms with E-state index < -0.39 is 5.60 Å². The Morgan fingerprint density at radius 2 is 2.14 bits per heavy atom. The molecule has 1 aliphatic heterocycles. The van der Waals surface area contributed by atoms with Crippen LogP contribution in [-0.4, -0.2) is 51.3 Å². The highest BCUT2D eigenvalue weighted by atomic mass is 32.2. The quantitative estimate of drug-likeness (QED) is 0.564. The van der Waals surface area contributed by atoms with Gasteiger partial charge in [-0.15, -0.1) is 0 Å². The summed E-state index contributed by atoms with van der Waals surface area (Å²) < 4.78 is 7.30. The second-order valence-electron chi connectivity index (χ2n) is 7.88. The third-order valence-corrected chi connectivity index (χ3v) is 5.18.